The van der Waals surface area contributed by atoms with E-state index in [1.807, 2.05) is 17.5 Å². The Morgan fingerprint density at radius 3 is 3.06 bits per heavy atom. The highest BCUT2D eigenvalue weighted by atomic mass is 32.2. The lowest BCUT2D eigenvalue weighted by Gasteiger charge is -2.30. The van der Waals surface area contributed by atoms with Crippen LogP contribution in [0.4, 0.5) is 0 Å². The third-order valence-corrected chi connectivity index (χ3v) is 5.46. The number of aliphatic hydroxyl groups is 1. The van der Waals surface area contributed by atoms with Crippen LogP contribution in [0, 0.1) is 5.92 Å². The lowest BCUT2D eigenvalue weighted by molar-refractivity contribution is -0.120. The number of rotatable bonds is 5. The number of carbonyl (C=O) groups is 1. The molecule has 0 spiro atoms. The number of nitrogens with one attached hydrogen (secondary N) is 1. The molecule has 2 rings (SSSR count). The zero-order valence-corrected chi connectivity index (χ0v) is 11.9. The standard InChI is InChI=1S/C13H19NO2S2/c15-8-10-4-1-2-5-11(10)14-12(16)9-18-13-6-3-7-17-13/h3,6-7,10-11,15H,1-2,4-5,8-9H2,(H,14,16). The lowest BCUT2D eigenvalue weighted by Crippen LogP contribution is -2.44. The van der Waals surface area contributed by atoms with Crippen LogP contribution in [0.2, 0.25) is 0 Å². The summed E-state index contributed by atoms with van der Waals surface area (Å²) in [5.74, 6) is 0.794. The van der Waals surface area contributed by atoms with Crippen LogP contribution in [-0.4, -0.2) is 29.4 Å². The molecule has 0 bridgehead atoms. The van der Waals surface area contributed by atoms with Crippen molar-refractivity contribution < 1.29 is 9.90 Å². The predicted octanol–water partition coefficient (Wildman–Crippen LogP) is 2.51. The van der Waals surface area contributed by atoms with Gasteiger partial charge in [0, 0.05) is 18.6 Å². The number of carbonyl (C=O) groups excluding carboxylic acids is 1. The molecule has 0 aromatic carbocycles. The molecular formula is C13H19NO2S2. The average molecular weight is 285 g/mol. The summed E-state index contributed by atoms with van der Waals surface area (Å²) in [6.07, 6.45) is 4.35. The molecule has 2 N–H and O–H groups in total. The van der Waals surface area contributed by atoms with E-state index in [2.05, 4.69) is 5.32 Å². The molecular weight excluding hydrogens is 266 g/mol. The summed E-state index contributed by atoms with van der Waals surface area (Å²) in [4.78, 5) is 11.9. The molecule has 3 nitrogen and oxygen atoms in total. The second kappa shape index (κ2) is 7.16. The Labute approximate surface area is 116 Å². The van der Waals surface area contributed by atoms with Crippen LogP contribution in [0.25, 0.3) is 0 Å². The first-order valence-electron chi connectivity index (χ1n) is 6.36. The Bertz CT molecular complexity index is 367. The van der Waals surface area contributed by atoms with Crippen molar-refractivity contribution in [3.8, 4) is 0 Å². The Morgan fingerprint density at radius 1 is 1.50 bits per heavy atom. The van der Waals surface area contributed by atoms with Gasteiger partial charge in [0.1, 0.15) is 0 Å². The van der Waals surface area contributed by atoms with Crippen LogP contribution in [0.1, 0.15) is 25.7 Å². The summed E-state index contributed by atoms with van der Waals surface area (Å²) in [5.41, 5.74) is 0. The van der Waals surface area contributed by atoms with Gasteiger partial charge in [0.15, 0.2) is 0 Å². The molecule has 2 unspecified atom stereocenters. The van der Waals surface area contributed by atoms with Gasteiger partial charge in [0.2, 0.25) is 5.91 Å². The first-order chi connectivity index (χ1) is 8.79. The van der Waals surface area contributed by atoms with Gasteiger partial charge >= 0.3 is 0 Å². The van der Waals surface area contributed by atoms with Gasteiger partial charge in [0.25, 0.3) is 0 Å². The van der Waals surface area contributed by atoms with E-state index >= 15 is 0 Å². The van der Waals surface area contributed by atoms with E-state index in [0.717, 1.165) is 19.3 Å². The van der Waals surface area contributed by atoms with E-state index in [1.54, 1.807) is 23.1 Å². The van der Waals surface area contributed by atoms with E-state index < -0.39 is 0 Å². The van der Waals surface area contributed by atoms with Gasteiger partial charge in [-0.15, -0.1) is 23.1 Å². The Balaban J connectivity index is 1.75. The van der Waals surface area contributed by atoms with Gasteiger partial charge in [0.05, 0.1) is 9.96 Å². The summed E-state index contributed by atoms with van der Waals surface area (Å²) in [7, 11) is 0. The first-order valence-corrected chi connectivity index (χ1v) is 8.22. The summed E-state index contributed by atoms with van der Waals surface area (Å²) < 4.78 is 1.17. The average Bonchev–Trinajstić information content (AvgIpc) is 2.90. The topological polar surface area (TPSA) is 49.3 Å². The molecule has 18 heavy (non-hydrogen) atoms. The normalized spacial score (nSPS) is 23.8. The monoisotopic (exact) mass is 285 g/mol. The number of thioether (sulfide) groups is 1. The third kappa shape index (κ3) is 4.00. The van der Waals surface area contributed by atoms with E-state index in [9.17, 15) is 9.90 Å². The zero-order chi connectivity index (χ0) is 12.8. The summed E-state index contributed by atoms with van der Waals surface area (Å²) in [6.45, 7) is 0.184. The fraction of sp³-hybridized carbons (Fsp3) is 0.615. The Morgan fingerprint density at radius 2 is 2.33 bits per heavy atom. The second-order valence-corrected chi connectivity index (χ2v) is 6.85. The number of hydrogen-bond acceptors (Lipinski definition) is 4. The lowest BCUT2D eigenvalue weighted by atomic mass is 9.85. The smallest absolute Gasteiger partial charge is 0.230 e. The molecule has 100 valence electrons. The van der Waals surface area contributed by atoms with Gasteiger partial charge in [-0.05, 0) is 24.3 Å². The minimum Gasteiger partial charge on any atom is -0.396 e. The largest absolute Gasteiger partial charge is 0.396 e. The number of aliphatic hydroxyl groups excluding tert-OH is 1. The van der Waals surface area contributed by atoms with E-state index in [0.29, 0.717) is 5.75 Å². The minimum absolute atomic E-state index is 0.0822. The molecule has 1 aliphatic rings. The second-order valence-electron chi connectivity index (χ2n) is 4.62. The summed E-state index contributed by atoms with van der Waals surface area (Å²) in [6, 6.07) is 4.19. The van der Waals surface area contributed by atoms with Crippen molar-refractivity contribution in [2.75, 3.05) is 12.4 Å². The van der Waals surface area contributed by atoms with Crippen molar-refractivity contribution in [1.29, 1.82) is 0 Å². The van der Waals surface area contributed by atoms with Gasteiger partial charge in [-0.2, -0.15) is 0 Å². The maximum atomic E-state index is 11.9. The van der Waals surface area contributed by atoms with Gasteiger partial charge in [-0.25, -0.2) is 0 Å². The van der Waals surface area contributed by atoms with E-state index in [1.165, 1.54) is 10.6 Å². The highest BCUT2D eigenvalue weighted by molar-refractivity contribution is 8.01. The van der Waals surface area contributed by atoms with Crippen LogP contribution in [-0.2, 0) is 4.79 Å². The maximum absolute atomic E-state index is 11.9. The van der Waals surface area contributed by atoms with Crippen LogP contribution in [0.15, 0.2) is 21.7 Å². The molecule has 1 aromatic heterocycles. The number of hydrogen-bond donors (Lipinski definition) is 2. The zero-order valence-electron chi connectivity index (χ0n) is 10.3. The van der Waals surface area contributed by atoms with Crippen molar-refractivity contribution in [1.82, 2.24) is 5.32 Å². The van der Waals surface area contributed by atoms with Crippen LogP contribution in [0.3, 0.4) is 0 Å². The van der Waals surface area contributed by atoms with Crippen molar-refractivity contribution >= 4 is 29.0 Å². The highest BCUT2D eigenvalue weighted by Crippen LogP contribution is 2.25. The van der Waals surface area contributed by atoms with Crippen molar-refractivity contribution in [2.24, 2.45) is 5.92 Å². The molecule has 1 amide bonds. The van der Waals surface area contributed by atoms with Gasteiger partial charge in [-0.1, -0.05) is 18.9 Å². The van der Waals surface area contributed by atoms with Crippen LogP contribution < -0.4 is 5.32 Å². The van der Waals surface area contributed by atoms with Crippen molar-refractivity contribution in [3.05, 3.63) is 17.5 Å². The third-order valence-electron chi connectivity index (χ3n) is 3.33. The molecule has 1 fully saturated rings. The van der Waals surface area contributed by atoms with Crippen LogP contribution in [0.5, 0.6) is 0 Å². The maximum Gasteiger partial charge on any atom is 0.230 e. The van der Waals surface area contributed by atoms with Crippen molar-refractivity contribution in [3.63, 3.8) is 0 Å². The predicted molar refractivity (Wildman–Crippen MR) is 76.0 cm³/mol. The first kappa shape index (κ1) is 13.9. The SMILES string of the molecule is O=C(CSc1cccs1)NC1CCCCC1CO. The Hall–Kier alpha value is -0.520. The van der Waals surface area contributed by atoms with E-state index in [4.69, 9.17) is 0 Å². The molecule has 0 aliphatic heterocycles. The summed E-state index contributed by atoms with van der Waals surface area (Å²) in [5, 5.41) is 14.4. The molecule has 1 saturated carbocycles. The fourth-order valence-corrected chi connectivity index (χ4v) is 3.94. The molecule has 0 saturated heterocycles. The summed E-state index contributed by atoms with van der Waals surface area (Å²) >= 11 is 3.24. The quantitative estimate of drug-likeness (QED) is 0.817. The van der Waals surface area contributed by atoms with Gasteiger partial charge < -0.3 is 10.4 Å². The van der Waals surface area contributed by atoms with E-state index in [-0.39, 0.29) is 24.5 Å². The molecule has 1 aliphatic carbocycles. The van der Waals surface area contributed by atoms with Crippen LogP contribution >= 0.6 is 23.1 Å². The van der Waals surface area contributed by atoms with Gasteiger partial charge in [-0.3, -0.25) is 4.79 Å². The highest BCUT2D eigenvalue weighted by Gasteiger charge is 2.25. The molecule has 1 aromatic rings. The van der Waals surface area contributed by atoms with Crippen molar-refractivity contribution in [2.45, 2.75) is 35.9 Å². The molecule has 0 radical (unpaired) electrons. The molecule has 5 heteroatoms. The number of thiophene rings is 1. The molecule has 1 heterocycles. The fourth-order valence-electron chi connectivity index (χ4n) is 2.35. The minimum atomic E-state index is 0.0822. The number of amides is 1. The Kier molecular flexibility index (Phi) is 5.53. The molecule has 2 atom stereocenters.